The Hall–Kier alpha value is -2.36. The van der Waals surface area contributed by atoms with Gasteiger partial charge in [0.1, 0.15) is 10.6 Å². The van der Waals surface area contributed by atoms with Crippen molar-refractivity contribution in [2.75, 3.05) is 12.9 Å². The maximum atomic E-state index is 13.9. The first-order chi connectivity index (χ1) is 15.0. The van der Waals surface area contributed by atoms with Crippen LogP contribution in [0.5, 0.6) is 5.75 Å². The quantitative estimate of drug-likeness (QED) is 0.417. The Balaban J connectivity index is 1.84. The van der Waals surface area contributed by atoms with Gasteiger partial charge in [0.25, 0.3) is 5.56 Å². The van der Waals surface area contributed by atoms with Crippen molar-refractivity contribution in [3.63, 3.8) is 0 Å². The lowest BCUT2D eigenvalue weighted by molar-refractivity contribution is 0.00200. The fourth-order valence-electron chi connectivity index (χ4n) is 4.05. The summed E-state index contributed by atoms with van der Waals surface area (Å²) in [5.74, 6) is 2.52. The molecule has 1 aliphatic rings. The number of thiophene rings is 1. The van der Waals surface area contributed by atoms with Crippen molar-refractivity contribution in [1.29, 1.82) is 0 Å². The third-order valence-electron chi connectivity index (χ3n) is 5.69. The highest BCUT2D eigenvalue weighted by Crippen LogP contribution is 2.37. The molecule has 0 saturated heterocycles. The van der Waals surface area contributed by atoms with Crippen molar-refractivity contribution in [2.45, 2.75) is 45.1 Å². The van der Waals surface area contributed by atoms with Gasteiger partial charge in [0.2, 0.25) is 5.78 Å². The Morgan fingerprint density at radius 2 is 2.06 bits per heavy atom. The second-order valence-corrected chi connectivity index (χ2v) is 10.2. The first-order valence-corrected chi connectivity index (χ1v) is 12.2. The lowest BCUT2D eigenvalue weighted by atomic mass is 9.96. The number of rotatable bonds is 5. The number of benzene rings is 1. The predicted octanol–water partition coefficient (Wildman–Crippen LogP) is 4.31. The highest BCUT2D eigenvalue weighted by Gasteiger charge is 2.30. The summed E-state index contributed by atoms with van der Waals surface area (Å²) in [6.45, 7) is 6.95. The molecule has 0 aliphatic carbocycles. The van der Waals surface area contributed by atoms with E-state index >= 15 is 0 Å². The van der Waals surface area contributed by atoms with Crippen molar-refractivity contribution >= 4 is 39.1 Å². The molecule has 1 aromatic carbocycles. The van der Waals surface area contributed by atoms with E-state index in [2.05, 4.69) is 31.0 Å². The number of fused-ring (bicyclic) bond motifs is 5. The lowest BCUT2D eigenvalue weighted by Crippen LogP contribution is -2.28. The van der Waals surface area contributed by atoms with Crippen LogP contribution < -0.4 is 10.3 Å². The summed E-state index contributed by atoms with van der Waals surface area (Å²) >= 11 is 3.25. The molecule has 31 heavy (non-hydrogen) atoms. The SMILES string of the molecule is CCSc1nnc2n(-c3ccc(OC)cc3)c(=O)c3c4c(sc3n12)CO[C@H](C(C)C)C4. The molecule has 0 amide bonds. The highest BCUT2D eigenvalue weighted by atomic mass is 32.2. The van der Waals surface area contributed by atoms with E-state index in [9.17, 15) is 4.79 Å². The Bertz CT molecular complexity index is 1320. The lowest BCUT2D eigenvalue weighted by Gasteiger charge is -2.26. The number of nitrogens with zero attached hydrogens (tertiary/aromatic N) is 4. The molecular weight excluding hydrogens is 432 g/mol. The molecule has 0 fully saturated rings. The summed E-state index contributed by atoms with van der Waals surface area (Å²) in [5, 5.41) is 10.4. The van der Waals surface area contributed by atoms with Gasteiger partial charge in [-0.3, -0.25) is 4.79 Å². The smallest absolute Gasteiger partial charge is 0.268 e. The van der Waals surface area contributed by atoms with Crippen molar-refractivity contribution < 1.29 is 9.47 Å². The summed E-state index contributed by atoms with van der Waals surface area (Å²) in [5.41, 5.74) is 1.79. The first kappa shape index (κ1) is 20.5. The zero-order valence-corrected chi connectivity index (χ0v) is 19.5. The molecule has 5 rings (SSSR count). The molecule has 0 spiro atoms. The monoisotopic (exact) mass is 456 g/mol. The van der Waals surface area contributed by atoms with E-state index in [0.717, 1.165) is 49.4 Å². The third-order valence-corrected chi connectivity index (χ3v) is 7.69. The summed E-state index contributed by atoms with van der Waals surface area (Å²) in [6.07, 6.45) is 0.856. The van der Waals surface area contributed by atoms with Gasteiger partial charge in [-0.25, -0.2) is 8.97 Å². The van der Waals surface area contributed by atoms with E-state index < -0.39 is 0 Å². The number of methoxy groups -OCH3 is 1. The molecule has 7 nitrogen and oxygen atoms in total. The minimum atomic E-state index is -0.0602. The topological polar surface area (TPSA) is 70.7 Å². The second-order valence-electron chi connectivity index (χ2n) is 7.87. The van der Waals surface area contributed by atoms with Gasteiger partial charge in [-0.2, -0.15) is 0 Å². The molecule has 1 aliphatic heterocycles. The molecule has 0 unspecified atom stereocenters. The van der Waals surface area contributed by atoms with Gasteiger partial charge in [-0.15, -0.1) is 21.5 Å². The standard InChI is InChI=1S/C22H24N4O3S2/c1-5-30-22-24-23-21-25(13-6-8-14(28-4)9-7-13)19(27)18-15-10-16(12(2)3)29-11-17(15)31-20(18)26(21)22/h6-9,12,16H,5,10-11H2,1-4H3/t16-/m0/s1. The summed E-state index contributed by atoms with van der Waals surface area (Å²) in [6, 6.07) is 7.47. The average molecular weight is 457 g/mol. The summed E-state index contributed by atoms with van der Waals surface area (Å²) in [7, 11) is 1.63. The predicted molar refractivity (Wildman–Crippen MR) is 124 cm³/mol. The Morgan fingerprint density at radius 3 is 2.74 bits per heavy atom. The van der Waals surface area contributed by atoms with E-state index in [-0.39, 0.29) is 11.7 Å². The first-order valence-electron chi connectivity index (χ1n) is 10.4. The van der Waals surface area contributed by atoms with Crippen LogP contribution in [0.4, 0.5) is 0 Å². The number of thioether (sulfide) groups is 1. The summed E-state index contributed by atoms with van der Waals surface area (Å²) in [4.78, 5) is 15.9. The average Bonchev–Trinajstić information content (AvgIpc) is 3.35. The minimum absolute atomic E-state index is 0.0602. The second kappa shape index (κ2) is 7.96. The normalized spacial score (nSPS) is 16.4. The van der Waals surface area contributed by atoms with Gasteiger partial charge < -0.3 is 9.47 Å². The molecule has 9 heteroatoms. The van der Waals surface area contributed by atoms with Crippen LogP contribution in [0.2, 0.25) is 0 Å². The van der Waals surface area contributed by atoms with Gasteiger partial charge in [0, 0.05) is 11.3 Å². The Morgan fingerprint density at radius 1 is 1.29 bits per heavy atom. The number of aromatic nitrogens is 4. The van der Waals surface area contributed by atoms with Gasteiger partial charge in [0.15, 0.2) is 5.16 Å². The molecule has 0 bridgehead atoms. The largest absolute Gasteiger partial charge is 0.497 e. The molecule has 3 aromatic heterocycles. The molecular formula is C22H24N4O3S2. The summed E-state index contributed by atoms with van der Waals surface area (Å²) < 4.78 is 15.1. The molecule has 4 aromatic rings. The van der Waals surface area contributed by atoms with E-state index in [1.807, 2.05) is 28.7 Å². The van der Waals surface area contributed by atoms with Crippen LogP contribution in [0.3, 0.4) is 0 Å². The van der Waals surface area contributed by atoms with Gasteiger partial charge in [0.05, 0.1) is 30.9 Å². The molecule has 162 valence electrons. The number of hydrogen-bond acceptors (Lipinski definition) is 7. The van der Waals surface area contributed by atoms with Crippen molar-refractivity contribution in [3.05, 3.63) is 45.1 Å². The van der Waals surface area contributed by atoms with E-state index in [4.69, 9.17) is 9.47 Å². The molecule has 4 heterocycles. The van der Waals surface area contributed by atoms with Crippen LogP contribution in [0.1, 0.15) is 31.2 Å². The van der Waals surface area contributed by atoms with Crippen LogP contribution in [-0.2, 0) is 17.8 Å². The van der Waals surface area contributed by atoms with Crippen LogP contribution in [0, 0.1) is 5.92 Å². The Labute approximate surface area is 188 Å². The number of ether oxygens (including phenoxy) is 2. The molecule has 0 N–H and O–H groups in total. The van der Waals surface area contributed by atoms with E-state index in [1.165, 1.54) is 0 Å². The van der Waals surface area contributed by atoms with E-state index in [1.54, 1.807) is 34.8 Å². The number of hydrogen-bond donors (Lipinski definition) is 0. The van der Waals surface area contributed by atoms with Crippen molar-refractivity contribution in [1.82, 2.24) is 19.2 Å². The molecule has 1 atom stereocenters. The third kappa shape index (κ3) is 3.26. The minimum Gasteiger partial charge on any atom is -0.497 e. The van der Waals surface area contributed by atoms with Crippen LogP contribution in [-0.4, -0.2) is 38.1 Å². The van der Waals surface area contributed by atoms with Crippen LogP contribution in [0.15, 0.2) is 34.2 Å². The molecule has 0 radical (unpaired) electrons. The zero-order valence-electron chi connectivity index (χ0n) is 17.9. The molecule has 0 saturated carbocycles. The van der Waals surface area contributed by atoms with E-state index in [0.29, 0.717) is 18.3 Å². The highest BCUT2D eigenvalue weighted by molar-refractivity contribution is 7.99. The van der Waals surface area contributed by atoms with Crippen molar-refractivity contribution in [3.8, 4) is 11.4 Å². The zero-order chi connectivity index (χ0) is 21.7. The van der Waals surface area contributed by atoms with Gasteiger partial charge in [-0.05, 0) is 41.5 Å². The fourth-order valence-corrected chi connectivity index (χ4v) is 6.01. The Kier molecular flexibility index (Phi) is 5.27. The van der Waals surface area contributed by atoms with Crippen molar-refractivity contribution in [2.24, 2.45) is 5.92 Å². The maximum absolute atomic E-state index is 13.9. The van der Waals surface area contributed by atoms with Gasteiger partial charge >= 0.3 is 0 Å². The van der Waals surface area contributed by atoms with Crippen LogP contribution >= 0.6 is 23.1 Å². The van der Waals surface area contributed by atoms with Crippen LogP contribution in [0.25, 0.3) is 21.7 Å². The fraction of sp³-hybridized carbons (Fsp3) is 0.409. The maximum Gasteiger partial charge on any atom is 0.268 e. The van der Waals surface area contributed by atoms with Gasteiger partial charge in [-0.1, -0.05) is 32.5 Å².